The van der Waals surface area contributed by atoms with Crippen LogP contribution in [0.15, 0.2) is 24.3 Å². The molecule has 1 saturated carbocycles. The number of likely N-dealkylation sites (N-methyl/N-ethyl adjacent to an activating group) is 1. The van der Waals surface area contributed by atoms with Gasteiger partial charge >= 0.3 is 0 Å². The number of amides is 3. The summed E-state index contributed by atoms with van der Waals surface area (Å²) in [6.45, 7) is 4.28. The number of nitrogens with zero attached hydrogens (tertiary/aromatic N) is 2. The summed E-state index contributed by atoms with van der Waals surface area (Å²) in [6.07, 6.45) is 3.46. The second-order valence-corrected chi connectivity index (χ2v) is 7.32. The standard InChI is InChI=1S/C20H28N4O4/c1-2-23(12-14-4-3-5-14)18(19(21)26)20(27)22-15-6-8-16(9-7-15)24-10-11-28-13-17(24)25/h6-9,14,18H,2-5,10-13H2,1H3,(H2,21,26)(H,22,27)/t18-/m0/s1. The molecular weight excluding hydrogens is 360 g/mol. The second-order valence-electron chi connectivity index (χ2n) is 7.32. The molecule has 0 spiro atoms. The molecule has 28 heavy (non-hydrogen) atoms. The molecule has 0 bridgehead atoms. The molecule has 0 unspecified atom stereocenters. The van der Waals surface area contributed by atoms with E-state index in [1.54, 1.807) is 29.2 Å². The first-order valence-corrected chi connectivity index (χ1v) is 9.82. The van der Waals surface area contributed by atoms with Crippen molar-refractivity contribution in [3.05, 3.63) is 24.3 Å². The number of morpholine rings is 1. The van der Waals surface area contributed by atoms with Crippen molar-refractivity contribution in [1.82, 2.24) is 4.90 Å². The summed E-state index contributed by atoms with van der Waals surface area (Å²) in [5.41, 5.74) is 6.85. The van der Waals surface area contributed by atoms with E-state index in [0.717, 1.165) is 18.5 Å². The fourth-order valence-electron chi connectivity index (χ4n) is 3.63. The summed E-state index contributed by atoms with van der Waals surface area (Å²) in [4.78, 5) is 40.1. The van der Waals surface area contributed by atoms with Gasteiger partial charge in [-0.15, -0.1) is 0 Å². The highest BCUT2D eigenvalue weighted by Gasteiger charge is 2.33. The molecule has 1 aromatic rings. The van der Waals surface area contributed by atoms with Crippen molar-refractivity contribution < 1.29 is 19.1 Å². The monoisotopic (exact) mass is 388 g/mol. The molecule has 1 aliphatic heterocycles. The quantitative estimate of drug-likeness (QED) is 0.646. The van der Waals surface area contributed by atoms with E-state index in [4.69, 9.17) is 10.5 Å². The lowest BCUT2D eigenvalue weighted by Gasteiger charge is -2.34. The van der Waals surface area contributed by atoms with Crippen LogP contribution in [-0.4, -0.2) is 61.5 Å². The minimum absolute atomic E-state index is 0.0760. The van der Waals surface area contributed by atoms with Gasteiger partial charge in [0.25, 0.3) is 11.8 Å². The van der Waals surface area contributed by atoms with Gasteiger partial charge in [0.05, 0.1) is 6.61 Å². The van der Waals surface area contributed by atoms with Crippen LogP contribution in [0.5, 0.6) is 0 Å². The van der Waals surface area contributed by atoms with Crippen LogP contribution in [0.25, 0.3) is 0 Å². The van der Waals surface area contributed by atoms with E-state index >= 15 is 0 Å². The Labute approximate surface area is 165 Å². The molecule has 0 aromatic heterocycles. The normalized spacial score (nSPS) is 18.6. The van der Waals surface area contributed by atoms with Gasteiger partial charge in [-0.2, -0.15) is 0 Å². The first kappa shape index (κ1) is 20.3. The molecule has 1 heterocycles. The van der Waals surface area contributed by atoms with Gasteiger partial charge in [0.15, 0.2) is 6.04 Å². The Morgan fingerprint density at radius 2 is 2.04 bits per heavy atom. The van der Waals surface area contributed by atoms with Crippen LogP contribution in [0.1, 0.15) is 26.2 Å². The van der Waals surface area contributed by atoms with Crippen LogP contribution < -0.4 is 16.0 Å². The average molecular weight is 388 g/mol. The number of carbonyl (C=O) groups excluding carboxylic acids is 3. The van der Waals surface area contributed by atoms with Crippen molar-refractivity contribution in [1.29, 1.82) is 0 Å². The number of rotatable bonds is 8. The third-order valence-corrected chi connectivity index (χ3v) is 5.44. The third kappa shape index (κ3) is 4.69. The topological polar surface area (TPSA) is 105 Å². The number of primary amides is 1. The molecule has 3 rings (SSSR count). The number of carbonyl (C=O) groups is 3. The molecular formula is C20H28N4O4. The number of anilines is 2. The molecule has 1 atom stereocenters. The van der Waals surface area contributed by atoms with Gasteiger partial charge in [-0.3, -0.25) is 19.3 Å². The van der Waals surface area contributed by atoms with Gasteiger partial charge in [-0.25, -0.2) is 0 Å². The molecule has 2 fully saturated rings. The van der Waals surface area contributed by atoms with Crippen LogP contribution in [0.2, 0.25) is 0 Å². The van der Waals surface area contributed by atoms with Gasteiger partial charge in [-0.1, -0.05) is 13.3 Å². The molecule has 2 aliphatic rings. The van der Waals surface area contributed by atoms with Gasteiger partial charge < -0.3 is 20.7 Å². The van der Waals surface area contributed by atoms with Crippen LogP contribution in [-0.2, 0) is 19.1 Å². The number of benzene rings is 1. The van der Waals surface area contributed by atoms with E-state index in [2.05, 4.69) is 5.32 Å². The minimum Gasteiger partial charge on any atom is -0.370 e. The highest BCUT2D eigenvalue weighted by Crippen LogP contribution is 2.28. The van der Waals surface area contributed by atoms with Gasteiger partial charge in [0.2, 0.25) is 5.91 Å². The molecule has 8 heteroatoms. The summed E-state index contributed by atoms with van der Waals surface area (Å²) < 4.78 is 5.13. The first-order valence-electron chi connectivity index (χ1n) is 9.82. The first-order chi connectivity index (χ1) is 13.5. The molecule has 0 radical (unpaired) electrons. The minimum atomic E-state index is -0.994. The third-order valence-electron chi connectivity index (χ3n) is 5.44. The number of nitrogens with one attached hydrogen (secondary N) is 1. The van der Waals surface area contributed by atoms with Gasteiger partial charge in [-0.05, 0) is 49.6 Å². The molecule has 3 N–H and O–H groups in total. The Balaban J connectivity index is 1.65. The molecule has 1 saturated heterocycles. The number of ether oxygens (including phenoxy) is 1. The lowest BCUT2D eigenvalue weighted by atomic mass is 9.85. The van der Waals surface area contributed by atoms with Crippen molar-refractivity contribution in [2.45, 2.75) is 32.2 Å². The highest BCUT2D eigenvalue weighted by atomic mass is 16.5. The largest absolute Gasteiger partial charge is 0.370 e. The summed E-state index contributed by atoms with van der Waals surface area (Å²) >= 11 is 0. The number of hydrogen-bond acceptors (Lipinski definition) is 5. The smallest absolute Gasteiger partial charge is 0.253 e. The summed E-state index contributed by atoms with van der Waals surface area (Å²) in [5, 5.41) is 2.78. The van der Waals surface area contributed by atoms with Gasteiger partial charge in [0, 0.05) is 24.5 Å². The van der Waals surface area contributed by atoms with Crippen molar-refractivity contribution in [2.24, 2.45) is 11.7 Å². The maximum absolute atomic E-state index is 12.7. The van der Waals surface area contributed by atoms with E-state index in [1.165, 1.54) is 6.42 Å². The SMILES string of the molecule is CCN(CC1CCC1)[C@@H](C(N)=O)C(=O)Nc1ccc(N2CCOCC2=O)cc1. The average Bonchev–Trinajstić information content (AvgIpc) is 2.64. The van der Waals surface area contributed by atoms with Crippen molar-refractivity contribution in [2.75, 3.05) is 43.1 Å². The van der Waals surface area contributed by atoms with E-state index in [-0.39, 0.29) is 12.5 Å². The molecule has 152 valence electrons. The Morgan fingerprint density at radius 1 is 1.32 bits per heavy atom. The summed E-state index contributed by atoms with van der Waals surface area (Å²) in [5.74, 6) is -0.635. The molecule has 3 amide bonds. The number of hydrogen-bond donors (Lipinski definition) is 2. The Morgan fingerprint density at radius 3 is 2.57 bits per heavy atom. The van der Waals surface area contributed by atoms with Crippen molar-refractivity contribution in [3.8, 4) is 0 Å². The predicted molar refractivity (Wildman–Crippen MR) is 106 cm³/mol. The summed E-state index contributed by atoms with van der Waals surface area (Å²) in [6, 6.07) is 5.98. The lowest BCUT2D eigenvalue weighted by molar-refractivity contribution is -0.133. The predicted octanol–water partition coefficient (Wildman–Crippen LogP) is 0.964. The van der Waals surface area contributed by atoms with Crippen molar-refractivity contribution >= 4 is 29.1 Å². The van der Waals surface area contributed by atoms with Crippen LogP contribution in [0.4, 0.5) is 11.4 Å². The zero-order valence-corrected chi connectivity index (χ0v) is 16.2. The molecule has 1 aromatic carbocycles. The van der Waals surface area contributed by atoms with Gasteiger partial charge in [0.1, 0.15) is 6.61 Å². The molecule has 1 aliphatic carbocycles. The van der Waals surface area contributed by atoms with Crippen LogP contribution in [0.3, 0.4) is 0 Å². The van der Waals surface area contributed by atoms with E-state index < -0.39 is 17.9 Å². The van der Waals surface area contributed by atoms with E-state index in [9.17, 15) is 14.4 Å². The van der Waals surface area contributed by atoms with E-state index in [0.29, 0.717) is 37.8 Å². The Bertz CT molecular complexity index is 717. The fraction of sp³-hybridized carbons (Fsp3) is 0.550. The van der Waals surface area contributed by atoms with E-state index in [1.807, 2.05) is 11.8 Å². The van der Waals surface area contributed by atoms with Crippen LogP contribution in [0, 0.1) is 5.92 Å². The Kier molecular flexibility index (Phi) is 6.64. The van der Waals surface area contributed by atoms with Crippen molar-refractivity contribution in [3.63, 3.8) is 0 Å². The zero-order valence-electron chi connectivity index (χ0n) is 16.2. The maximum Gasteiger partial charge on any atom is 0.253 e. The maximum atomic E-state index is 12.7. The summed E-state index contributed by atoms with van der Waals surface area (Å²) in [7, 11) is 0. The lowest BCUT2D eigenvalue weighted by Crippen LogP contribution is -2.53. The molecule has 8 nitrogen and oxygen atoms in total. The zero-order chi connectivity index (χ0) is 20.1. The van der Waals surface area contributed by atoms with Crippen LogP contribution >= 0.6 is 0 Å². The number of nitrogens with two attached hydrogens (primary N) is 1. The fourth-order valence-corrected chi connectivity index (χ4v) is 3.63. The second kappa shape index (κ2) is 9.16. The highest BCUT2D eigenvalue weighted by molar-refractivity contribution is 6.09. The Hall–Kier alpha value is -2.45.